The largest absolute Gasteiger partial charge is 0.475 e. The third-order valence-corrected chi connectivity index (χ3v) is 7.13. The van der Waals surface area contributed by atoms with E-state index in [0.29, 0.717) is 4.57 Å². The number of nitrogens with zero attached hydrogens (tertiary/aromatic N) is 4. The molecule has 2 aromatic rings. The zero-order valence-corrected chi connectivity index (χ0v) is 19.4. The van der Waals surface area contributed by atoms with Gasteiger partial charge in [-0.25, -0.2) is 9.36 Å². The number of halogens is 3. The molecule has 0 bridgehead atoms. The number of aliphatic hydroxyl groups excluding tert-OH is 2. The number of aromatic nitrogens is 2. The number of H-pyrrole nitrogens is 1. The van der Waals surface area contributed by atoms with Crippen LogP contribution in [0.3, 0.4) is 0 Å². The highest BCUT2D eigenvalue weighted by molar-refractivity contribution is 7.48. The topological polar surface area (TPSA) is 198 Å². The maximum Gasteiger partial charge on any atom is 0.475 e. The Morgan fingerprint density at radius 1 is 1.30 bits per heavy atom. The minimum absolute atomic E-state index is 0.100. The third kappa shape index (κ3) is 5.35. The number of azide groups is 1. The molecule has 2 aliphatic rings. The Bertz CT molecular complexity index is 1380. The lowest BCUT2D eigenvalue weighted by atomic mass is 10.00. The second-order valence-corrected chi connectivity index (χ2v) is 9.64. The van der Waals surface area contributed by atoms with Crippen LogP contribution in [0.25, 0.3) is 10.4 Å². The Kier molecular flexibility index (Phi) is 7.34. The Labute approximate surface area is 204 Å². The normalized spacial score (nSPS) is 32.1. The standard InChI is InChI=1S/C19H19F3N5O9P/c20-19(21,22)11-4-2-1-3-10(11)12-6-8-33-37(32,36-12)34-9-18(25-26-23)15(30)14(29)16(35-18)27-7-5-13(28)24-17(27)31/h1-5,7,12,14-16,29-30H,6,8-9H2,(H,24,28,31)/t12-,14+,15-,16+,18+,37?/m0/s1. The number of hydrogen-bond acceptors (Lipinski definition) is 10. The maximum atomic E-state index is 13.4. The van der Waals surface area contributed by atoms with Crippen LogP contribution in [-0.4, -0.2) is 50.9 Å². The first-order chi connectivity index (χ1) is 17.4. The first-order valence-electron chi connectivity index (χ1n) is 10.5. The number of rotatable bonds is 6. The van der Waals surface area contributed by atoms with E-state index in [0.717, 1.165) is 24.4 Å². The number of aromatic amines is 1. The first-order valence-corrected chi connectivity index (χ1v) is 12.0. The molecule has 0 spiro atoms. The van der Waals surface area contributed by atoms with E-state index in [1.807, 2.05) is 4.98 Å². The SMILES string of the molecule is [N-]=[N+]=N[C@]1(COP2(=O)OCC[C@@H](c3ccccc3C(F)(F)F)O2)O[C@@H](n2ccc(=O)[nH]c2=O)[C@H](O)[C@@H]1O. The van der Waals surface area contributed by atoms with Crippen molar-refractivity contribution in [1.29, 1.82) is 0 Å². The predicted molar refractivity (Wildman–Crippen MR) is 115 cm³/mol. The van der Waals surface area contributed by atoms with Crippen molar-refractivity contribution in [2.24, 2.45) is 5.11 Å². The van der Waals surface area contributed by atoms with Crippen molar-refractivity contribution in [3.63, 3.8) is 0 Å². The molecule has 0 aliphatic carbocycles. The summed E-state index contributed by atoms with van der Waals surface area (Å²) in [4.78, 5) is 27.9. The number of nitrogens with one attached hydrogen (secondary N) is 1. The molecule has 2 fully saturated rings. The lowest BCUT2D eigenvalue weighted by molar-refractivity contribution is -0.140. The summed E-state index contributed by atoms with van der Waals surface area (Å²) < 4.78 is 75.1. The Hall–Kier alpha value is -3.01. The molecule has 0 radical (unpaired) electrons. The van der Waals surface area contributed by atoms with Crippen molar-refractivity contribution in [3.05, 3.63) is 78.9 Å². The van der Waals surface area contributed by atoms with Crippen LogP contribution in [0.1, 0.15) is 29.9 Å². The fourth-order valence-corrected chi connectivity index (χ4v) is 5.32. The number of ether oxygens (including phenoxy) is 1. The lowest BCUT2D eigenvalue weighted by Gasteiger charge is -2.33. The minimum atomic E-state index is -4.72. The van der Waals surface area contributed by atoms with Crippen molar-refractivity contribution in [3.8, 4) is 0 Å². The molecule has 6 atom stereocenters. The Morgan fingerprint density at radius 3 is 2.70 bits per heavy atom. The van der Waals surface area contributed by atoms with E-state index in [1.54, 1.807) is 0 Å². The number of aliphatic hydroxyl groups is 2. The van der Waals surface area contributed by atoms with Crippen LogP contribution in [0.5, 0.6) is 0 Å². The van der Waals surface area contributed by atoms with E-state index < -0.39 is 67.7 Å². The summed E-state index contributed by atoms with van der Waals surface area (Å²) in [5.41, 5.74) is 3.44. The smallest absolute Gasteiger partial charge is 0.387 e. The highest BCUT2D eigenvalue weighted by Gasteiger charge is 2.56. The van der Waals surface area contributed by atoms with Gasteiger partial charge in [-0.15, -0.1) is 0 Å². The molecule has 2 saturated heterocycles. The molecular weight excluding hydrogens is 530 g/mol. The van der Waals surface area contributed by atoms with Gasteiger partial charge >= 0.3 is 19.7 Å². The zero-order chi connectivity index (χ0) is 27.0. The average molecular weight is 549 g/mol. The molecule has 37 heavy (non-hydrogen) atoms. The fraction of sp³-hybridized carbons (Fsp3) is 0.474. The van der Waals surface area contributed by atoms with Gasteiger partial charge in [-0.2, -0.15) is 13.2 Å². The minimum Gasteiger partial charge on any atom is -0.387 e. The molecule has 0 saturated carbocycles. The van der Waals surface area contributed by atoms with E-state index in [2.05, 4.69) is 10.0 Å². The summed E-state index contributed by atoms with van der Waals surface area (Å²) in [6, 6.07) is 5.43. The molecule has 1 aromatic heterocycles. The molecule has 200 valence electrons. The molecule has 2 aliphatic heterocycles. The van der Waals surface area contributed by atoms with Gasteiger partial charge in [0.05, 0.1) is 24.9 Å². The summed E-state index contributed by atoms with van der Waals surface area (Å²) in [6.07, 6.45) is -10.9. The Morgan fingerprint density at radius 2 is 2.03 bits per heavy atom. The van der Waals surface area contributed by atoms with Crippen molar-refractivity contribution in [2.75, 3.05) is 13.2 Å². The third-order valence-electron chi connectivity index (χ3n) is 5.67. The van der Waals surface area contributed by atoms with E-state index in [1.165, 1.54) is 12.1 Å². The summed E-state index contributed by atoms with van der Waals surface area (Å²) >= 11 is 0. The number of phosphoric ester groups is 1. The van der Waals surface area contributed by atoms with Crippen LogP contribution < -0.4 is 11.2 Å². The number of hydrogen-bond donors (Lipinski definition) is 3. The molecule has 18 heteroatoms. The van der Waals surface area contributed by atoms with Gasteiger partial charge in [-0.1, -0.05) is 23.3 Å². The van der Waals surface area contributed by atoms with Crippen molar-refractivity contribution in [1.82, 2.24) is 9.55 Å². The van der Waals surface area contributed by atoms with Crippen molar-refractivity contribution >= 4 is 7.82 Å². The fourth-order valence-electron chi connectivity index (χ4n) is 3.92. The summed E-state index contributed by atoms with van der Waals surface area (Å²) in [7, 11) is -4.62. The molecule has 0 amide bonds. The quantitative estimate of drug-likeness (QED) is 0.209. The second kappa shape index (κ2) is 10.0. The molecular formula is C19H19F3N5O9P. The van der Waals surface area contributed by atoms with Gasteiger partial charge in [-0.05, 0) is 17.2 Å². The highest BCUT2D eigenvalue weighted by Crippen LogP contribution is 2.58. The van der Waals surface area contributed by atoms with Crippen LogP contribution in [0, 0.1) is 0 Å². The van der Waals surface area contributed by atoms with Gasteiger partial charge in [0.1, 0.15) is 12.2 Å². The zero-order valence-electron chi connectivity index (χ0n) is 18.5. The predicted octanol–water partition coefficient (Wildman–Crippen LogP) is 2.12. The van der Waals surface area contributed by atoms with Gasteiger partial charge in [-0.3, -0.25) is 27.9 Å². The first kappa shape index (κ1) is 27.0. The Balaban J connectivity index is 1.57. The number of alkyl halides is 3. The van der Waals surface area contributed by atoms with Crippen LogP contribution in [0.2, 0.25) is 0 Å². The van der Waals surface area contributed by atoms with Crippen LogP contribution in [-0.2, 0) is 29.0 Å². The molecule has 3 heterocycles. The summed E-state index contributed by atoms with van der Waals surface area (Å²) in [6.45, 7) is -1.39. The molecule has 14 nitrogen and oxygen atoms in total. The van der Waals surface area contributed by atoms with E-state index in [-0.39, 0.29) is 18.6 Å². The van der Waals surface area contributed by atoms with Crippen LogP contribution >= 0.6 is 7.82 Å². The summed E-state index contributed by atoms with van der Waals surface area (Å²) in [5, 5.41) is 24.3. The van der Waals surface area contributed by atoms with Crippen molar-refractivity contribution in [2.45, 2.75) is 42.9 Å². The molecule has 4 rings (SSSR count). The number of phosphoric acid groups is 1. The van der Waals surface area contributed by atoms with Crippen molar-refractivity contribution < 1.29 is 46.3 Å². The van der Waals surface area contributed by atoms with Crippen LogP contribution in [0.4, 0.5) is 13.2 Å². The second-order valence-electron chi connectivity index (χ2n) is 8.02. The lowest BCUT2D eigenvalue weighted by Crippen LogP contribution is -2.45. The van der Waals surface area contributed by atoms with E-state index in [4.69, 9.17) is 23.8 Å². The van der Waals surface area contributed by atoms with E-state index >= 15 is 0 Å². The summed E-state index contributed by atoms with van der Waals surface area (Å²) in [5.74, 6) is 0. The van der Waals surface area contributed by atoms with Gasteiger partial charge < -0.3 is 14.9 Å². The monoisotopic (exact) mass is 549 g/mol. The van der Waals surface area contributed by atoms with Crippen LogP contribution in [0.15, 0.2) is 51.2 Å². The molecule has 1 aromatic carbocycles. The molecule has 1 unspecified atom stereocenters. The van der Waals surface area contributed by atoms with Gasteiger partial charge in [0, 0.05) is 23.6 Å². The average Bonchev–Trinajstić information content (AvgIpc) is 3.08. The van der Waals surface area contributed by atoms with E-state index in [9.17, 15) is 37.5 Å². The molecule has 3 N–H and O–H groups in total. The number of benzene rings is 1. The maximum absolute atomic E-state index is 13.4. The van der Waals surface area contributed by atoms with Gasteiger partial charge in [0.25, 0.3) is 5.56 Å². The van der Waals surface area contributed by atoms with Gasteiger partial charge in [0.2, 0.25) is 5.72 Å². The highest BCUT2D eigenvalue weighted by atomic mass is 31.2. The van der Waals surface area contributed by atoms with Gasteiger partial charge in [0.15, 0.2) is 6.23 Å².